The molecule has 0 bridgehead atoms. The number of carbonyl (C=O) groups excluding carboxylic acids is 2. The molecular formula is C31H35BrCl2N2O3. The third-order valence-electron chi connectivity index (χ3n) is 6.58. The number of carbonyl (C=O) groups is 2. The molecule has 39 heavy (non-hydrogen) atoms. The first-order valence-corrected chi connectivity index (χ1v) is 14.6. The molecule has 208 valence electrons. The molecule has 0 unspecified atom stereocenters. The van der Waals surface area contributed by atoms with E-state index in [1.165, 1.54) is 0 Å². The second kappa shape index (κ2) is 14.7. The first-order chi connectivity index (χ1) is 18.6. The number of nitrogens with one attached hydrogen (secondary N) is 1. The average molecular weight is 634 g/mol. The molecule has 3 aromatic rings. The molecule has 0 heterocycles. The number of benzene rings is 3. The summed E-state index contributed by atoms with van der Waals surface area (Å²) in [4.78, 5) is 29.0. The Morgan fingerprint density at radius 1 is 0.949 bits per heavy atom. The number of hydrogen-bond acceptors (Lipinski definition) is 3. The number of rotatable bonds is 12. The van der Waals surface area contributed by atoms with Crippen LogP contribution < -0.4 is 10.1 Å². The summed E-state index contributed by atoms with van der Waals surface area (Å²) in [6.07, 6.45) is 1.12. The van der Waals surface area contributed by atoms with Gasteiger partial charge in [0.05, 0.1) is 14.5 Å². The van der Waals surface area contributed by atoms with Crippen LogP contribution in [-0.2, 0) is 22.6 Å². The highest BCUT2D eigenvalue weighted by Gasteiger charge is 2.31. The van der Waals surface area contributed by atoms with E-state index < -0.39 is 6.04 Å². The predicted molar refractivity (Wildman–Crippen MR) is 163 cm³/mol. The maximum Gasteiger partial charge on any atom is 0.261 e. The molecule has 3 rings (SSSR count). The van der Waals surface area contributed by atoms with Gasteiger partial charge >= 0.3 is 0 Å². The Morgan fingerprint density at radius 2 is 1.67 bits per heavy atom. The highest BCUT2D eigenvalue weighted by molar-refractivity contribution is 9.10. The monoisotopic (exact) mass is 632 g/mol. The van der Waals surface area contributed by atoms with E-state index in [4.69, 9.17) is 27.9 Å². The Balaban J connectivity index is 1.94. The molecule has 0 aliphatic carbocycles. The minimum Gasteiger partial charge on any atom is -0.483 e. The van der Waals surface area contributed by atoms with Gasteiger partial charge in [-0.15, -0.1) is 0 Å². The van der Waals surface area contributed by atoms with Crippen LogP contribution in [0.4, 0.5) is 0 Å². The standard InChI is InChI=1S/C31H35BrCl2N2O3/c1-5-21(4)35-31(38)28(16-22-9-7-6-8-10-22)36(18-23-11-13-26(33)27(34)15-23)30(37)19-39-29-14-12-24(20(2)3)17-25(29)32/h6-15,17,20-21,28H,5,16,18-19H2,1-4H3,(H,35,38)/t21-,28+/m0/s1. The van der Waals surface area contributed by atoms with Crippen molar-refractivity contribution < 1.29 is 14.3 Å². The Bertz CT molecular complexity index is 1270. The zero-order valence-corrected chi connectivity index (χ0v) is 25.8. The van der Waals surface area contributed by atoms with Gasteiger partial charge in [0.1, 0.15) is 11.8 Å². The van der Waals surface area contributed by atoms with E-state index in [1.54, 1.807) is 17.0 Å². The van der Waals surface area contributed by atoms with Crippen LogP contribution in [0.5, 0.6) is 5.75 Å². The van der Waals surface area contributed by atoms with Crippen LogP contribution in [0.1, 0.15) is 56.7 Å². The zero-order valence-electron chi connectivity index (χ0n) is 22.7. The Kier molecular flexibility index (Phi) is 11.7. The summed E-state index contributed by atoms with van der Waals surface area (Å²) in [5.41, 5.74) is 2.86. The minimum atomic E-state index is -0.765. The molecule has 0 saturated carbocycles. The molecule has 3 aromatic carbocycles. The molecule has 0 saturated heterocycles. The second-order valence-corrected chi connectivity index (χ2v) is 11.6. The fourth-order valence-electron chi connectivity index (χ4n) is 4.05. The lowest BCUT2D eigenvalue weighted by atomic mass is 10.0. The SMILES string of the molecule is CC[C@H](C)NC(=O)[C@@H](Cc1ccccc1)N(Cc1ccc(Cl)c(Cl)c1)C(=O)COc1ccc(C(C)C)cc1Br. The van der Waals surface area contributed by atoms with Crippen LogP contribution in [0.2, 0.25) is 10.0 Å². The number of nitrogens with zero attached hydrogens (tertiary/aromatic N) is 1. The molecule has 0 aromatic heterocycles. The summed E-state index contributed by atoms with van der Waals surface area (Å²) in [7, 11) is 0. The predicted octanol–water partition coefficient (Wildman–Crippen LogP) is 7.81. The summed E-state index contributed by atoms with van der Waals surface area (Å²) in [6, 6.07) is 19.9. The third-order valence-corrected chi connectivity index (χ3v) is 7.94. The van der Waals surface area contributed by atoms with Crippen molar-refractivity contribution in [3.05, 3.63) is 97.9 Å². The van der Waals surface area contributed by atoms with E-state index >= 15 is 0 Å². The number of halogens is 3. The van der Waals surface area contributed by atoms with Gasteiger partial charge in [0, 0.05) is 19.0 Å². The third kappa shape index (κ3) is 8.99. The number of ether oxygens (including phenoxy) is 1. The zero-order chi connectivity index (χ0) is 28.5. The summed E-state index contributed by atoms with van der Waals surface area (Å²) in [6.45, 7) is 8.12. The summed E-state index contributed by atoms with van der Waals surface area (Å²) < 4.78 is 6.73. The van der Waals surface area contributed by atoms with Crippen molar-refractivity contribution in [2.45, 2.75) is 65.1 Å². The van der Waals surface area contributed by atoms with Crippen molar-refractivity contribution >= 4 is 50.9 Å². The van der Waals surface area contributed by atoms with Gasteiger partial charge in [-0.1, -0.05) is 86.4 Å². The fraction of sp³-hybridized carbons (Fsp3) is 0.355. The first kappa shape index (κ1) is 31.0. The van der Waals surface area contributed by atoms with Gasteiger partial charge in [-0.3, -0.25) is 9.59 Å². The van der Waals surface area contributed by atoms with Crippen LogP contribution in [0.15, 0.2) is 71.2 Å². The van der Waals surface area contributed by atoms with Crippen LogP contribution in [0.25, 0.3) is 0 Å². The van der Waals surface area contributed by atoms with Crippen molar-refractivity contribution in [3.63, 3.8) is 0 Å². The normalized spacial score (nSPS) is 12.6. The molecule has 2 amide bonds. The van der Waals surface area contributed by atoms with E-state index in [1.807, 2.05) is 68.4 Å². The molecule has 5 nitrogen and oxygen atoms in total. The van der Waals surface area contributed by atoms with Crippen molar-refractivity contribution in [3.8, 4) is 5.75 Å². The van der Waals surface area contributed by atoms with Crippen molar-refractivity contribution in [2.24, 2.45) is 0 Å². The van der Waals surface area contributed by atoms with Crippen LogP contribution in [-0.4, -0.2) is 35.4 Å². The van der Waals surface area contributed by atoms with E-state index in [0.717, 1.165) is 27.6 Å². The molecule has 8 heteroatoms. The van der Waals surface area contributed by atoms with Crippen LogP contribution >= 0.6 is 39.1 Å². The van der Waals surface area contributed by atoms with E-state index in [2.05, 4.69) is 35.1 Å². The van der Waals surface area contributed by atoms with Gasteiger partial charge in [0.2, 0.25) is 5.91 Å². The first-order valence-electron chi connectivity index (χ1n) is 13.1. The Hall–Kier alpha value is -2.54. The quantitative estimate of drug-likeness (QED) is 0.221. The number of amides is 2. The van der Waals surface area contributed by atoms with Gasteiger partial charge in [0.15, 0.2) is 6.61 Å². The fourth-order valence-corrected chi connectivity index (χ4v) is 4.88. The highest BCUT2D eigenvalue weighted by atomic mass is 79.9. The van der Waals surface area contributed by atoms with Gasteiger partial charge < -0.3 is 15.0 Å². The molecule has 0 aliphatic heterocycles. The van der Waals surface area contributed by atoms with E-state index in [-0.39, 0.29) is 31.0 Å². The summed E-state index contributed by atoms with van der Waals surface area (Å²) in [5, 5.41) is 3.87. The topological polar surface area (TPSA) is 58.6 Å². The molecule has 0 fully saturated rings. The minimum absolute atomic E-state index is 0.0376. The smallest absolute Gasteiger partial charge is 0.261 e. The lowest BCUT2D eigenvalue weighted by molar-refractivity contribution is -0.143. The van der Waals surface area contributed by atoms with Crippen LogP contribution in [0, 0.1) is 0 Å². The van der Waals surface area contributed by atoms with Gasteiger partial charge in [-0.25, -0.2) is 0 Å². The summed E-state index contributed by atoms with van der Waals surface area (Å²) in [5.74, 6) is 0.387. The summed E-state index contributed by atoms with van der Waals surface area (Å²) >= 11 is 16.0. The van der Waals surface area contributed by atoms with Crippen molar-refractivity contribution in [2.75, 3.05) is 6.61 Å². The van der Waals surface area contributed by atoms with Crippen molar-refractivity contribution in [1.82, 2.24) is 10.2 Å². The highest BCUT2D eigenvalue weighted by Crippen LogP contribution is 2.29. The molecule has 1 N–H and O–H groups in total. The maximum absolute atomic E-state index is 13.8. The van der Waals surface area contributed by atoms with E-state index in [9.17, 15) is 9.59 Å². The molecular weight excluding hydrogens is 599 g/mol. The molecule has 0 spiro atoms. The van der Waals surface area contributed by atoms with Crippen LogP contribution in [0.3, 0.4) is 0 Å². The Morgan fingerprint density at radius 3 is 2.28 bits per heavy atom. The average Bonchev–Trinajstić information content (AvgIpc) is 2.92. The lowest BCUT2D eigenvalue weighted by Crippen LogP contribution is -2.53. The second-order valence-electron chi connectivity index (χ2n) is 9.93. The van der Waals surface area contributed by atoms with Crippen molar-refractivity contribution in [1.29, 1.82) is 0 Å². The van der Waals surface area contributed by atoms with Gasteiger partial charge in [0.25, 0.3) is 5.91 Å². The molecule has 0 aliphatic rings. The van der Waals surface area contributed by atoms with Gasteiger partial charge in [-0.05, 0) is 76.1 Å². The lowest BCUT2D eigenvalue weighted by Gasteiger charge is -2.32. The largest absolute Gasteiger partial charge is 0.483 e. The van der Waals surface area contributed by atoms with E-state index in [0.29, 0.717) is 28.1 Å². The molecule has 0 radical (unpaired) electrons. The Labute approximate surface area is 250 Å². The maximum atomic E-state index is 13.8. The molecule has 2 atom stereocenters. The number of hydrogen-bond donors (Lipinski definition) is 1. The van der Waals surface area contributed by atoms with Gasteiger partial charge in [-0.2, -0.15) is 0 Å².